The first-order chi connectivity index (χ1) is 11.0. The molecule has 2 fully saturated rings. The molecular formula is C14H13ClN4O3S. The van der Waals surface area contributed by atoms with Crippen LogP contribution in [0.2, 0.25) is 5.02 Å². The fourth-order valence-electron chi connectivity index (χ4n) is 2.75. The number of hydrogen-bond acceptors (Lipinski definition) is 6. The lowest BCUT2D eigenvalue weighted by atomic mass is 10.1. The molecular weight excluding hydrogens is 340 g/mol. The zero-order chi connectivity index (χ0) is 16.2. The molecule has 1 aromatic heterocycles. The number of aromatic nitrogens is 4. The maximum absolute atomic E-state index is 12.5. The maximum Gasteiger partial charge on any atom is 0.182 e. The van der Waals surface area contributed by atoms with Crippen molar-refractivity contribution < 1.29 is 13.2 Å². The molecule has 120 valence electrons. The van der Waals surface area contributed by atoms with Gasteiger partial charge >= 0.3 is 0 Å². The van der Waals surface area contributed by atoms with Crippen LogP contribution in [0.15, 0.2) is 23.1 Å². The molecule has 1 heterocycles. The van der Waals surface area contributed by atoms with E-state index < -0.39 is 9.84 Å². The van der Waals surface area contributed by atoms with Gasteiger partial charge in [0.25, 0.3) is 0 Å². The molecule has 2 saturated carbocycles. The number of hydrogen-bond donors (Lipinski definition) is 1. The molecule has 0 saturated heterocycles. The van der Waals surface area contributed by atoms with E-state index in [9.17, 15) is 13.2 Å². The molecule has 4 rings (SSSR count). The predicted octanol–water partition coefficient (Wildman–Crippen LogP) is 1.78. The third kappa shape index (κ3) is 2.55. The van der Waals surface area contributed by atoms with E-state index in [0.29, 0.717) is 30.7 Å². The molecule has 0 aliphatic heterocycles. The molecule has 2 aliphatic carbocycles. The smallest absolute Gasteiger partial charge is 0.182 e. The summed E-state index contributed by atoms with van der Waals surface area (Å²) in [4.78, 5) is 12.6. The van der Waals surface area contributed by atoms with Gasteiger partial charge in [-0.2, -0.15) is 5.21 Å². The van der Waals surface area contributed by atoms with E-state index in [4.69, 9.17) is 11.6 Å². The third-order valence-electron chi connectivity index (χ3n) is 4.31. The molecule has 7 nitrogen and oxygen atoms in total. The van der Waals surface area contributed by atoms with Crippen molar-refractivity contribution in [2.45, 2.75) is 35.3 Å². The lowest BCUT2D eigenvalue weighted by Gasteiger charge is -2.07. The zero-order valence-corrected chi connectivity index (χ0v) is 13.5. The molecule has 23 heavy (non-hydrogen) atoms. The summed E-state index contributed by atoms with van der Waals surface area (Å²) in [5.41, 5.74) is 0.417. The standard InChI is InChI=1S/C14H13ClN4O3S/c15-11-5-7(1-4-12(11)23(21,22)8-2-3-8)13(20)9-6-10(9)14-16-18-19-17-14/h1,4-5,8-10H,2-3,6H2,(H,16,17,18,19)/t9-,10-/m0/s1. The molecule has 2 atom stereocenters. The van der Waals surface area contributed by atoms with E-state index in [0.717, 1.165) is 0 Å². The first kappa shape index (κ1) is 14.8. The number of nitrogens with zero attached hydrogens (tertiary/aromatic N) is 3. The Morgan fingerprint density at radius 3 is 2.70 bits per heavy atom. The van der Waals surface area contributed by atoms with E-state index >= 15 is 0 Å². The predicted molar refractivity (Wildman–Crippen MR) is 81.0 cm³/mol. The molecule has 0 unspecified atom stereocenters. The summed E-state index contributed by atoms with van der Waals surface area (Å²) < 4.78 is 24.5. The highest BCUT2D eigenvalue weighted by molar-refractivity contribution is 7.92. The second kappa shape index (κ2) is 5.10. The molecule has 2 aliphatic rings. The topological polar surface area (TPSA) is 106 Å². The van der Waals surface area contributed by atoms with Crippen LogP contribution >= 0.6 is 11.6 Å². The third-order valence-corrected chi connectivity index (χ3v) is 7.05. The van der Waals surface area contributed by atoms with E-state index in [2.05, 4.69) is 20.6 Å². The number of ketones is 1. The fraction of sp³-hybridized carbons (Fsp3) is 0.429. The van der Waals surface area contributed by atoms with Gasteiger partial charge in [-0.3, -0.25) is 4.79 Å². The van der Waals surface area contributed by atoms with Crippen LogP contribution in [0, 0.1) is 5.92 Å². The van der Waals surface area contributed by atoms with Crippen LogP contribution in [-0.2, 0) is 9.84 Å². The summed E-state index contributed by atoms with van der Waals surface area (Å²) >= 11 is 6.12. The molecule has 9 heteroatoms. The van der Waals surface area contributed by atoms with Crippen LogP contribution < -0.4 is 0 Å². The minimum Gasteiger partial charge on any atom is -0.294 e. The number of aromatic amines is 1. The molecule has 2 aromatic rings. The Morgan fingerprint density at radius 2 is 2.09 bits per heavy atom. The fourth-order valence-corrected chi connectivity index (χ4v) is 4.96. The lowest BCUT2D eigenvalue weighted by molar-refractivity contribution is 0.0964. The van der Waals surface area contributed by atoms with Crippen molar-refractivity contribution in [1.82, 2.24) is 20.6 Å². The van der Waals surface area contributed by atoms with Crippen molar-refractivity contribution >= 4 is 27.2 Å². The summed E-state index contributed by atoms with van der Waals surface area (Å²) in [7, 11) is -3.37. The minimum absolute atomic E-state index is 0.0325. The van der Waals surface area contributed by atoms with E-state index in [1.807, 2.05) is 0 Å². The van der Waals surface area contributed by atoms with Gasteiger partial charge < -0.3 is 0 Å². The Hall–Kier alpha value is -1.80. The molecule has 1 N–H and O–H groups in total. The van der Waals surface area contributed by atoms with Crippen LogP contribution in [-0.4, -0.2) is 40.1 Å². The van der Waals surface area contributed by atoms with Gasteiger partial charge in [0.1, 0.15) is 0 Å². The van der Waals surface area contributed by atoms with Crippen molar-refractivity contribution in [2.24, 2.45) is 5.92 Å². The highest BCUT2D eigenvalue weighted by Crippen LogP contribution is 2.48. The second-order valence-electron chi connectivity index (χ2n) is 5.97. The van der Waals surface area contributed by atoms with Crippen molar-refractivity contribution in [2.75, 3.05) is 0 Å². The van der Waals surface area contributed by atoms with Crippen LogP contribution in [0.3, 0.4) is 0 Å². The van der Waals surface area contributed by atoms with Crippen molar-refractivity contribution in [3.8, 4) is 0 Å². The quantitative estimate of drug-likeness (QED) is 0.822. The van der Waals surface area contributed by atoms with Gasteiger partial charge in [-0.15, -0.1) is 10.2 Å². The van der Waals surface area contributed by atoms with Gasteiger partial charge in [0.15, 0.2) is 21.4 Å². The van der Waals surface area contributed by atoms with Crippen LogP contribution in [0.4, 0.5) is 0 Å². The second-order valence-corrected chi connectivity index (χ2v) is 8.58. The monoisotopic (exact) mass is 352 g/mol. The zero-order valence-electron chi connectivity index (χ0n) is 11.9. The number of sulfone groups is 1. The average molecular weight is 353 g/mol. The number of H-pyrrole nitrogens is 1. The number of rotatable bonds is 5. The van der Waals surface area contributed by atoms with Crippen molar-refractivity contribution in [1.29, 1.82) is 0 Å². The Kier molecular flexibility index (Phi) is 3.28. The minimum atomic E-state index is -3.37. The van der Waals surface area contributed by atoms with Crippen molar-refractivity contribution in [3.05, 3.63) is 34.6 Å². The van der Waals surface area contributed by atoms with Gasteiger partial charge in [-0.1, -0.05) is 22.9 Å². The number of carbonyl (C=O) groups excluding carboxylic acids is 1. The number of benzene rings is 1. The Bertz CT molecular complexity index is 877. The highest BCUT2D eigenvalue weighted by Gasteiger charge is 2.47. The number of Topliss-reactive ketones (excluding diaryl/α,β-unsaturated/α-hetero) is 1. The van der Waals surface area contributed by atoms with E-state index in [1.54, 1.807) is 0 Å². The average Bonchev–Trinajstić information content (AvgIpc) is 3.45. The molecule has 0 bridgehead atoms. The molecule has 0 amide bonds. The van der Waals surface area contributed by atoms with Gasteiger partial charge in [0.2, 0.25) is 0 Å². The van der Waals surface area contributed by atoms with Crippen LogP contribution in [0.25, 0.3) is 0 Å². The molecule has 0 spiro atoms. The number of tetrazole rings is 1. The first-order valence-electron chi connectivity index (χ1n) is 7.29. The SMILES string of the molecule is O=C(c1ccc(S(=O)(=O)C2CC2)c(Cl)c1)[C@H]1C[C@@H]1c1nn[nH]n1. The molecule has 0 radical (unpaired) electrons. The Labute approximate surface area is 137 Å². The largest absolute Gasteiger partial charge is 0.294 e. The van der Waals surface area contributed by atoms with Crippen molar-refractivity contribution in [3.63, 3.8) is 0 Å². The maximum atomic E-state index is 12.5. The van der Waals surface area contributed by atoms with Crippen LogP contribution in [0.5, 0.6) is 0 Å². The number of halogens is 1. The van der Waals surface area contributed by atoms with Gasteiger partial charge in [-0.25, -0.2) is 8.42 Å². The Balaban J connectivity index is 1.56. The summed E-state index contributed by atoms with van der Waals surface area (Å²) in [6.07, 6.45) is 2.01. The number of nitrogens with one attached hydrogen (secondary N) is 1. The Morgan fingerprint density at radius 1 is 1.30 bits per heavy atom. The summed E-state index contributed by atoms with van der Waals surface area (Å²) in [6, 6.07) is 4.43. The lowest BCUT2D eigenvalue weighted by Crippen LogP contribution is -2.09. The highest BCUT2D eigenvalue weighted by atomic mass is 35.5. The van der Waals surface area contributed by atoms with Crippen LogP contribution in [0.1, 0.15) is 41.4 Å². The van der Waals surface area contributed by atoms with E-state index in [-0.39, 0.29) is 32.8 Å². The summed E-state index contributed by atoms with van der Waals surface area (Å²) in [5.74, 6) is 0.226. The number of carbonyl (C=O) groups is 1. The van der Waals surface area contributed by atoms with Gasteiger partial charge in [0, 0.05) is 17.4 Å². The molecule has 1 aromatic carbocycles. The normalized spacial score (nSPS) is 23.7. The van der Waals surface area contributed by atoms with Gasteiger partial charge in [-0.05, 0) is 31.4 Å². The van der Waals surface area contributed by atoms with E-state index in [1.165, 1.54) is 18.2 Å². The summed E-state index contributed by atoms with van der Waals surface area (Å²) in [6.45, 7) is 0. The first-order valence-corrected chi connectivity index (χ1v) is 9.22. The summed E-state index contributed by atoms with van der Waals surface area (Å²) in [5, 5.41) is 13.4. The van der Waals surface area contributed by atoms with Gasteiger partial charge in [0.05, 0.1) is 15.2 Å².